The summed E-state index contributed by atoms with van der Waals surface area (Å²) in [6, 6.07) is 0. The smallest absolute Gasteiger partial charge is 0.330 e. The number of rotatable bonds is 4. The molecule has 1 N–H and O–H groups in total. The van der Waals surface area contributed by atoms with E-state index in [0.717, 1.165) is 20.8 Å². The van der Waals surface area contributed by atoms with E-state index in [4.69, 9.17) is 18.9 Å². The molecule has 1 fully saturated rings. The fraction of sp³-hybridized carbons (Fsp3) is 0.533. The molecule has 0 radical (unpaired) electrons. The number of ether oxygens (including phenoxy) is 4. The van der Waals surface area contributed by atoms with E-state index in [0.29, 0.717) is 10.8 Å². The Morgan fingerprint density at radius 3 is 2.19 bits per heavy atom. The minimum absolute atomic E-state index is 0.354. The van der Waals surface area contributed by atoms with Gasteiger partial charge in [-0.15, -0.1) is 0 Å². The van der Waals surface area contributed by atoms with Gasteiger partial charge in [-0.05, 0) is 0 Å². The minimum Gasteiger partial charge on any atom is -0.456 e. The first-order valence-corrected chi connectivity index (χ1v) is 7.74. The van der Waals surface area contributed by atoms with E-state index < -0.39 is 59.5 Å². The largest absolute Gasteiger partial charge is 0.456 e. The van der Waals surface area contributed by atoms with Crippen molar-refractivity contribution in [3.05, 3.63) is 32.9 Å². The van der Waals surface area contributed by atoms with Gasteiger partial charge in [0, 0.05) is 20.8 Å². The Morgan fingerprint density at radius 1 is 1.07 bits per heavy atom. The van der Waals surface area contributed by atoms with Crippen LogP contribution in [-0.4, -0.2) is 52.4 Å². The van der Waals surface area contributed by atoms with Crippen molar-refractivity contribution < 1.29 is 37.7 Å². The molecule has 1 aromatic rings. The second-order valence-electron chi connectivity index (χ2n) is 5.66. The Kier molecular flexibility index (Phi) is 6.10. The van der Waals surface area contributed by atoms with Gasteiger partial charge in [-0.25, -0.2) is 4.79 Å². The molecule has 1 aromatic heterocycles. The summed E-state index contributed by atoms with van der Waals surface area (Å²) in [6.07, 6.45) is -4.83. The summed E-state index contributed by atoms with van der Waals surface area (Å²) in [4.78, 5) is 59.3. The lowest BCUT2D eigenvalue weighted by molar-refractivity contribution is -0.240. The van der Waals surface area contributed by atoms with Crippen LogP contribution < -0.4 is 11.2 Å². The third-order valence-electron chi connectivity index (χ3n) is 3.52. The molecule has 1 saturated heterocycles. The molecule has 148 valence electrons. The number of hydrogen-bond donors (Lipinski definition) is 1. The van der Waals surface area contributed by atoms with Crippen LogP contribution in [0.3, 0.4) is 0 Å². The zero-order valence-corrected chi connectivity index (χ0v) is 14.6. The summed E-state index contributed by atoms with van der Waals surface area (Å²) in [7, 11) is 0. The molecule has 1 aliphatic rings. The SMILES string of the molecule is CC(=O)O[C@H]1[C@H](OC(C)=O)[C@@H](n2cc(F)c(=O)[nH]c2=O)OC[C@H]1OC(C)=O. The molecule has 2 heterocycles. The van der Waals surface area contributed by atoms with Gasteiger partial charge in [0.2, 0.25) is 5.82 Å². The number of hydrogen-bond acceptors (Lipinski definition) is 9. The number of aromatic amines is 1. The lowest BCUT2D eigenvalue weighted by Crippen LogP contribution is -2.57. The summed E-state index contributed by atoms with van der Waals surface area (Å²) in [6.45, 7) is 2.88. The molecule has 0 unspecified atom stereocenters. The molecule has 11 nitrogen and oxygen atoms in total. The zero-order valence-electron chi connectivity index (χ0n) is 14.6. The van der Waals surface area contributed by atoms with Crippen molar-refractivity contribution in [3.63, 3.8) is 0 Å². The van der Waals surface area contributed by atoms with E-state index in [-0.39, 0.29) is 6.61 Å². The minimum atomic E-state index is -1.47. The van der Waals surface area contributed by atoms with Crippen LogP contribution in [0.4, 0.5) is 4.39 Å². The summed E-state index contributed by atoms with van der Waals surface area (Å²) >= 11 is 0. The predicted molar refractivity (Wildman–Crippen MR) is 82.9 cm³/mol. The van der Waals surface area contributed by atoms with Gasteiger partial charge in [0.1, 0.15) is 0 Å². The van der Waals surface area contributed by atoms with Gasteiger partial charge >= 0.3 is 23.6 Å². The predicted octanol–water partition coefficient (Wildman–Crippen LogP) is -1.00. The van der Waals surface area contributed by atoms with E-state index in [9.17, 15) is 28.4 Å². The molecule has 0 bridgehead atoms. The zero-order chi connectivity index (χ0) is 20.3. The third kappa shape index (κ3) is 4.78. The van der Waals surface area contributed by atoms with Crippen LogP contribution in [0.2, 0.25) is 0 Å². The maximum Gasteiger partial charge on any atom is 0.330 e. The Hall–Kier alpha value is -3.02. The second-order valence-corrected chi connectivity index (χ2v) is 5.66. The summed E-state index contributed by atoms with van der Waals surface area (Å²) < 4.78 is 34.9. The van der Waals surface area contributed by atoms with Crippen LogP contribution in [0.15, 0.2) is 15.8 Å². The number of carbonyl (C=O) groups excluding carboxylic acids is 3. The average Bonchev–Trinajstić information content (AvgIpc) is 2.53. The number of carbonyl (C=O) groups is 3. The lowest BCUT2D eigenvalue weighted by Gasteiger charge is -2.40. The highest BCUT2D eigenvalue weighted by atomic mass is 19.1. The molecule has 27 heavy (non-hydrogen) atoms. The van der Waals surface area contributed by atoms with E-state index in [2.05, 4.69) is 0 Å². The number of nitrogens with zero attached hydrogens (tertiary/aromatic N) is 1. The van der Waals surface area contributed by atoms with Gasteiger partial charge in [-0.1, -0.05) is 0 Å². The summed E-state index contributed by atoms with van der Waals surface area (Å²) in [5, 5.41) is 0. The van der Waals surface area contributed by atoms with E-state index in [1.807, 2.05) is 0 Å². The number of aromatic nitrogens is 2. The van der Waals surface area contributed by atoms with Crippen LogP contribution in [0, 0.1) is 5.82 Å². The Balaban J connectivity index is 2.51. The van der Waals surface area contributed by atoms with Gasteiger partial charge in [0.25, 0.3) is 5.56 Å². The second kappa shape index (κ2) is 8.12. The molecule has 0 spiro atoms. The molecule has 1 aliphatic heterocycles. The number of nitrogens with one attached hydrogen (secondary N) is 1. The van der Waals surface area contributed by atoms with Crippen molar-refractivity contribution in [3.8, 4) is 0 Å². The van der Waals surface area contributed by atoms with Crippen LogP contribution in [0.1, 0.15) is 27.0 Å². The fourth-order valence-corrected chi connectivity index (χ4v) is 2.61. The highest BCUT2D eigenvalue weighted by molar-refractivity contribution is 5.68. The molecule has 0 aromatic carbocycles. The van der Waals surface area contributed by atoms with Crippen molar-refractivity contribution in [2.45, 2.75) is 45.3 Å². The van der Waals surface area contributed by atoms with Gasteiger partial charge in [0.05, 0.1) is 12.8 Å². The van der Waals surface area contributed by atoms with Crippen molar-refractivity contribution in [2.75, 3.05) is 6.61 Å². The van der Waals surface area contributed by atoms with Crippen molar-refractivity contribution in [2.24, 2.45) is 0 Å². The molecular weight excluding hydrogens is 371 g/mol. The highest BCUT2D eigenvalue weighted by Gasteiger charge is 2.48. The van der Waals surface area contributed by atoms with E-state index in [1.54, 1.807) is 4.98 Å². The van der Waals surface area contributed by atoms with Crippen molar-refractivity contribution in [1.82, 2.24) is 9.55 Å². The van der Waals surface area contributed by atoms with Gasteiger partial charge in [-0.2, -0.15) is 4.39 Å². The number of esters is 3. The molecular formula is C15H17FN2O9. The van der Waals surface area contributed by atoms with Crippen LogP contribution in [0.5, 0.6) is 0 Å². The Labute approximate surface area is 151 Å². The first-order chi connectivity index (χ1) is 12.6. The normalized spacial score (nSPS) is 24.7. The third-order valence-corrected chi connectivity index (χ3v) is 3.52. The Bertz CT molecular complexity index is 862. The summed E-state index contributed by atoms with van der Waals surface area (Å²) in [5.41, 5.74) is -2.29. The highest BCUT2D eigenvalue weighted by Crippen LogP contribution is 2.29. The van der Waals surface area contributed by atoms with Crippen molar-refractivity contribution >= 4 is 17.9 Å². The lowest BCUT2D eigenvalue weighted by atomic mass is 10.0. The van der Waals surface area contributed by atoms with Crippen LogP contribution >= 0.6 is 0 Å². The first kappa shape index (κ1) is 20.3. The topological polar surface area (TPSA) is 143 Å². The van der Waals surface area contributed by atoms with Gasteiger partial charge in [-0.3, -0.25) is 28.7 Å². The maximum absolute atomic E-state index is 13.6. The average molecular weight is 388 g/mol. The number of H-pyrrole nitrogens is 1. The van der Waals surface area contributed by atoms with E-state index >= 15 is 0 Å². The molecule has 4 atom stereocenters. The van der Waals surface area contributed by atoms with Gasteiger partial charge < -0.3 is 18.9 Å². The molecule has 0 aliphatic carbocycles. The first-order valence-electron chi connectivity index (χ1n) is 7.74. The van der Waals surface area contributed by atoms with Crippen LogP contribution in [0.25, 0.3) is 0 Å². The van der Waals surface area contributed by atoms with Crippen molar-refractivity contribution in [1.29, 1.82) is 0 Å². The standard InChI is InChI=1S/C15H17FN2O9/c1-6(19)25-10-5-24-14(18-4-9(16)13(22)17-15(18)23)12(27-8(3)21)11(10)26-7(2)20/h4,10-12,14H,5H2,1-3H3,(H,17,22,23)/t10-,11-,12+,14+/m1/s1. The molecule has 2 rings (SSSR count). The monoisotopic (exact) mass is 388 g/mol. The van der Waals surface area contributed by atoms with Gasteiger partial charge in [0.15, 0.2) is 24.5 Å². The summed E-state index contributed by atoms with van der Waals surface area (Å²) in [5.74, 6) is -3.61. The van der Waals surface area contributed by atoms with Crippen LogP contribution in [-0.2, 0) is 33.3 Å². The molecule has 12 heteroatoms. The maximum atomic E-state index is 13.6. The molecule has 0 saturated carbocycles. The van der Waals surface area contributed by atoms with E-state index in [1.165, 1.54) is 0 Å². The molecule has 0 amide bonds. The number of halogens is 1. The quantitative estimate of drug-likeness (QED) is 0.507. The Morgan fingerprint density at radius 2 is 1.63 bits per heavy atom. The fourth-order valence-electron chi connectivity index (χ4n) is 2.61.